The van der Waals surface area contributed by atoms with Gasteiger partial charge in [0.2, 0.25) is 12.1 Å². The minimum absolute atomic E-state index is 0.0523. The standard InChI is InChI=1S/C28H31F3N4O10/c1-6-42-21-20(39-3)15(2)43-25(22(21)40-4)44-26(37)32-16-7-9-17(10-8-16)34-23(24(36)41-5)33-35(27(34)38)18-11-13-19(14-12-18)45-28(29,30)31/h7-15,20-22,25H,6H2,1-5H3,(H,32,37)/t15-,20-,21+,22+,25-/m0/s1. The lowest BCUT2D eigenvalue weighted by molar-refractivity contribution is -0.292. The molecule has 5 atom stereocenters. The molecule has 3 aromatic rings. The highest BCUT2D eigenvalue weighted by molar-refractivity contribution is 5.86. The molecule has 244 valence electrons. The second-order valence-corrected chi connectivity index (χ2v) is 9.49. The van der Waals surface area contributed by atoms with E-state index < -0.39 is 66.4 Å². The maximum atomic E-state index is 13.3. The van der Waals surface area contributed by atoms with Crippen molar-refractivity contribution < 1.29 is 55.9 Å². The smallest absolute Gasteiger partial charge is 0.463 e. The summed E-state index contributed by atoms with van der Waals surface area (Å²) in [6.07, 6.45) is -9.18. The Morgan fingerprint density at radius 3 is 2.13 bits per heavy atom. The highest BCUT2D eigenvalue weighted by atomic mass is 19.4. The third kappa shape index (κ3) is 7.62. The van der Waals surface area contributed by atoms with Gasteiger partial charge in [-0.1, -0.05) is 0 Å². The number of hydrogen-bond acceptors (Lipinski definition) is 11. The molecule has 1 fully saturated rings. The Hall–Kier alpha value is -4.45. The molecular weight excluding hydrogens is 609 g/mol. The number of amides is 1. The van der Waals surface area contributed by atoms with Gasteiger partial charge in [-0.05, 0) is 62.4 Å². The molecule has 0 aliphatic carbocycles. The molecule has 45 heavy (non-hydrogen) atoms. The van der Waals surface area contributed by atoms with Gasteiger partial charge in [0.1, 0.15) is 24.1 Å². The van der Waals surface area contributed by atoms with E-state index in [4.69, 9.17) is 28.4 Å². The van der Waals surface area contributed by atoms with E-state index in [1.54, 1.807) is 6.92 Å². The van der Waals surface area contributed by atoms with Gasteiger partial charge in [0, 0.05) is 26.5 Å². The molecular formula is C28H31F3N4O10. The van der Waals surface area contributed by atoms with Crippen LogP contribution in [0.4, 0.5) is 23.7 Å². The maximum Gasteiger partial charge on any atom is 0.573 e. The minimum Gasteiger partial charge on any atom is -0.463 e. The summed E-state index contributed by atoms with van der Waals surface area (Å²) < 4.78 is 76.0. The number of nitrogens with zero attached hydrogens (tertiary/aromatic N) is 3. The topological polar surface area (TPSA) is 151 Å². The molecule has 0 saturated carbocycles. The maximum absolute atomic E-state index is 13.3. The van der Waals surface area contributed by atoms with Gasteiger partial charge in [-0.2, -0.15) is 4.68 Å². The summed E-state index contributed by atoms with van der Waals surface area (Å²) in [4.78, 5) is 38.6. The quantitative estimate of drug-likeness (QED) is 0.325. The highest BCUT2D eigenvalue weighted by Gasteiger charge is 2.47. The molecule has 0 bridgehead atoms. The summed E-state index contributed by atoms with van der Waals surface area (Å²) in [6, 6.07) is 10.0. The van der Waals surface area contributed by atoms with Gasteiger partial charge in [-0.15, -0.1) is 18.3 Å². The van der Waals surface area contributed by atoms with Gasteiger partial charge in [0.15, 0.2) is 0 Å². The number of esters is 1. The van der Waals surface area contributed by atoms with Crippen LogP contribution < -0.4 is 15.7 Å². The van der Waals surface area contributed by atoms with Crippen LogP contribution in [0.5, 0.6) is 5.75 Å². The van der Waals surface area contributed by atoms with Crippen molar-refractivity contribution >= 4 is 17.7 Å². The molecule has 17 heteroatoms. The summed E-state index contributed by atoms with van der Waals surface area (Å²) in [6.45, 7) is 3.93. The minimum atomic E-state index is -4.90. The van der Waals surface area contributed by atoms with Crippen LogP contribution in [-0.4, -0.2) is 91.4 Å². The van der Waals surface area contributed by atoms with Crippen LogP contribution in [-0.2, 0) is 28.4 Å². The number of carbonyl (C=O) groups is 2. The molecule has 0 spiro atoms. The SMILES string of the molecule is CCO[C@@H]1[C@@H](OC)[C@H](C)O[C@@H](OC(=O)Nc2ccc(-n3c(C(=O)OC)nn(-c4ccc(OC(F)(F)F)cc4)c3=O)cc2)[C@@H]1OC. The number of methoxy groups -OCH3 is 3. The summed E-state index contributed by atoms with van der Waals surface area (Å²) in [5.74, 6) is -1.88. The molecule has 1 aliphatic heterocycles. The van der Waals surface area contributed by atoms with Crippen molar-refractivity contribution in [3.8, 4) is 17.1 Å². The predicted molar refractivity (Wildman–Crippen MR) is 149 cm³/mol. The molecule has 2 aromatic carbocycles. The van der Waals surface area contributed by atoms with Crippen LogP contribution in [0.25, 0.3) is 11.4 Å². The predicted octanol–water partition coefficient (Wildman–Crippen LogP) is 3.44. The van der Waals surface area contributed by atoms with Crippen molar-refractivity contribution in [1.82, 2.24) is 14.3 Å². The number of rotatable bonds is 10. The fourth-order valence-electron chi connectivity index (χ4n) is 4.75. The average Bonchev–Trinajstić information content (AvgIpc) is 3.34. The van der Waals surface area contributed by atoms with Crippen molar-refractivity contribution in [2.75, 3.05) is 33.3 Å². The second-order valence-electron chi connectivity index (χ2n) is 9.49. The Balaban J connectivity index is 1.53. The molecule has 1 saturated heterocycles. The number of benzene rings is 2. The van der Waals surface area contributed by atoms with Crippen LogP contribution in [0.3, 0.4) is 0 Å². The number of ether oxygens (including phenoxy) is 7. The lowest BCUT2D eigenvalue weighted by atomic mass is 9.99. The van der Waals surface area contributed by atoms with Crippen LogP contribution in [0.2, 0.25) is 0 Å². The van der Waals surface area contributed by atoms with Crippen molar-refractivity contribution in [3.63, 3.8) is 0 Å². The number of anilines is 1. The van der Waals surface area contributed by atoms with Crippen molar-refractivity contribution in [1.29, 1.82) is 0 Å². The van der Waals surface area contributed by atoms with E-state index in [0.717, 1.165) is 40.6 Å². The summed E-state index contributed by atoms with van der Waals surface area (Å²) >= 11 is 0. The van der Waals surface area contributed by atoms with Crippen molar-refractivity contribution in [2.45, 2.75) is 50.9 Å². The van der Waals surface area contributed by atoms with Gasteiger partial charge in [-0.3, -0.25) is 5.32 Å². The first-order valence-corrected chi connectivity index (χ1v) is 13.5. The molecule has 0 unspecified atom stereocenters. The Labute approximate surface area is 254 Å². The fraction of sp³-hybridized carbons (Fsp3) is 0.429. The average molecular weight is 641 g/mol. The number of aromatic nitrogens is 3. The van der Waals surface area contributed by atoms with E-state index in [0.29, 0.717) is 6.61 Å². The molecule has 1 amide bonds. The highest BCUT2D eigenvalue weighted by Crippen LogP contribution is 2.28. The van der Waals surface area contributed by atoms with E-state index in [1.165, 1.54) is 38.5 Å². The van der Waals surface area contributed by atoms with Crippen molar-refractivity contribution in [3.05, 3.63) is 64.8 Å². The summed E-state index contributed by atoms with van der Waals surface area (Å²) in [5, 5.41) is 6.57. The molecule has 1 aromatic heterocycles. The van der Waals surface area contributed by atoms with Gasteiger partial charge < -0.3 is 33.2 Å². The molecule has 1 N–H and O–H groups in total. The van der Waals surface area contributed by atoms with E-state index >= 15 is 0 Å². The number of carbonyl (C=O) groups excluding carboxylic acids is 2. The molecule has 2 heterocycles. The molecule has 14 nitrogen and oxygen atoms in total. The third-order valence-electron chi connectivity index (χ3n) is 6.69. The molecule has 0 radical (unpaired) electrons. The van der Waals surface area contributed by atoms with Crippen molar-refractivity contribution in [2.24, 2.45) is 0 Å². The first kappa shape index (κ1) is 33.4. The second kappa shape index (κ2) is 14.1. The third-order valence-corrected chi connectivity index (χ3v) is 6.69. The lowest BCUT2D eigenvalue weighted by Gasteiger charge is -2.43. The van der Waals surface area contributed by atoms with Gasteiger partial charge in [0.25, 0.3) is 0 Å². The van der Waals surface area contributed by atoms with E-state index in [-0.39, 0.29) is 17.1 Å². The largest absolute Gasteiger partial charge is 0.573 e. The first-order chi connectivity index (χ1) is 21.4. The van der Waals surface area contributed by atoms with E-state index in [2.05, 4.69) is 15.2 Å². The normalized spacial score (nSPS) is 21.6. The number of nitrogens with one attached hydrogen (secondary N) is 1. The van der Waals surface area contributed by atoms with Gasteiger partial charge >= 0.3 is 24.1 Å². The van der Waals surface area contributed by atoms with E-state index in [9.17, 15) is 27.6 Å². The van der Waals surface area contributed by atoms with Crippen LogP contribution in [0.1, 0.15) is 24.5 Å². The fourth-order valence-corrected chi connectivity index (χ4v) is 4.75. The van der Waals surface area contributed by atoms with E-state index in [1.807, 2.05) is 6.92 Å². The van der Waals surface area contributed by atoms with Gasteiger partial charge in [0.05, 0.1) is 24.6 Å². The first-order valence-electron chi connectivity index (χ1n) is 13.5. The zero-order chi connectivity index (χ0) is 32.9. The van der Waals surface area contributed by atoms with Crippen LogP contribution in [0.15, 0.2) is 53.3 Å². The Morgan fingerprint density at radius 2 is 1.58 bits per heavy atom. The van der Waals surface area contributed by atoms with Crippen LogP contribution in [0, 0.1) is 0 Å². The molecule has 1 aliphatic rings. The zero-order valence-corrected chi connectivity index (χ0v) is 24.8. The molecule has 4 rings (SSSR count). The Kier molecular flexibility index (Phi) is 10.5. The monoisotopic (exact) mass is 640 g/mol. The summed E-state index contributed by atoms with van der Waals surface area (Å²) in [7, 11) is 4.04. The Morgan fingerprint density at radius 1 is 0.956 bits per heavy atom. The summed E-state index contributed by atoms with van der Waals surface area (Å²) in [5.41, 5.74) is -0.349. The number of halogens is 3. The number of hydrogen-bond donors (Lipinski definition) is 1. The lowest BCUT2D eigenvalue weighted by Crippen LogP contribution is -2.60. The zero-order valence-electron chi connectivity index (χ0n) is 24.8. The Bertz CT molecular complexity index is 1530. The van der Waals surface area contributed by atoms with Crippen LogP contribution >= 0.6 is 0 Å². The van der Waals surface area contributed by atoms with Gasteiger partial charge in [-0.25, -0.2) is 19.0 Å². The number of alkyl halides is 3.